The lowest BCUT2D eigenvalue weighted by molar-refractivity contribution is -0.142. The monoisotopic (exact) mass is 496 g/mol. The van der Waals surface area contributed by atoms with Crippen LogP contribution in [-0.4, -0.2) is 35.6 Å². The zero-order valence-corrected chi connectivity index (χ0v) is 22.7. The summed E-state index contributed by atoms with van der Waals surface area (Å²) in [4.78, 5) is 25.0. The van der Waals surface area contributed by atoms with Crippen molar-refractivity contribution >= 4 is 22.6 Å². The van der Waals surface area contributed by atoms with E-state index in [2.05, 4.69) is 41.8 Å². The molecule has 1 amide bonds. The van der Waals surface area contributed by atoms with Crippen molar-refractivity contribution in [2.45, 2.75) is 110 Å². The van der Waals surface area contributed by atoms with Gasteiger partial charge in [0.2, 0.25) is 5.91 Å². The second-order valence-corrected chi connectivity index (χ2v) is 10.6. The van der Waals surface area contributed by atoms with Crippen LogP contribution in [0.3, 0.4) is 0 Å². The zero-order valence-electron chi connectivity index (χ0n) is 22.7. The Kier molecular flexibility index (Phi) is 14.2. The normalized spacial score (nSPS) is 13.1. The standard InChI is InChI=1S/C31H48N2O3/c1-4-5-6-7-8-9-10-11-12-15-21-32-28(30(34)33-29(31(35)36)22-24(2)3)23-26-19-16-18-25-17-13-14-20-27(25)26/h13-14,16-20,24,28-29,32H,4-12,15,21-23H2,1-3H3,(H,33,34)(H,35,36)/t28-,29-/m0/s1. The second kappa shape index (κ2) is 17.1. The highest BCUT2D eigenvalue weighted by molar-refractivity contribution is 5.89. The van der Waals surface area contributed by atoms with Gasteiger partial charge in [0.1, 0.15) is 6.04 Å². The highest BCUT2D eigenvalue weighted by atomic mass is 16.4. The summed E-state index contributed by atoms with van der Waals surface area (Å²) in [7, 11) is 0. The summed E-state index contributed by atoms with van der Waals surface area (Å²) in [6, 6.07) is 13.0. The summed E-state index contributed by atoms with van der Waals surface area (Å²) in [5.41, 5.74) is 1.10. The summed E-state index contributed by atoms with van der Waals surface area (Å²) < 4.78 is 0. The van der Waals surface area contributed by atoms with Gasteiger partial charge >= 0.3 is 5.97 Å². The number of carbonyl (C=O) groups is 2. The number of unbranched alkanes of at least 4 members (excludes halogenated alkanes) is 9. The first-order valence-electron chi connectivity index (χ1n) is 14.2. The highest BCUT2D eigenvalue weighted by Gasteiger charge is 2.26. The minimum Gasteiger partial charge on any atom is -0.480 e. The number of carboxylic acids is 1. The van der Waals surface area contributed by atoms with Crippen LogP contribution in [0, 0.1) is 5.92 Å². The summed E-state index contributed by atoms with van der Waals surface area (Å²) >= 11 is 0. The maximum absolute atomic E-state index is 13.3. The Hall–Kier alpha value is -2.40. The van der Waals surface area contributed by atoms with E-state index in [9.17, 15) is 14.7 Å². The molecule has 0 saturated heterocycles. The number of nitrogens with one attached hydrogen (secondary N) is 2. The fourth-order valence-corrected chi connectivity index (χ4v) is 4.80. The van der Waals surface area contributed by atoms with Crippen molar-refractivity contribution in [3.63, 3.8) is 0 Å². The Balaban J connectivity index is 1.93. The number of rotatable bonds is 19. The van der Waals surface area contributed by atoms with Crippen molar-refractivity contribution in [2.75, 3.05) is 6.54 Å². The van der Waals surface area contributed by atoms with Gasteiger partial charge in [0, 0.05) is 0 Å². The van der Waals surface area contributed by atoms with Crippen molar-refractivity contribution in [3.8, 4) is 0 Å². The third-order valence-corrected chi connectivity index (χ3v) is 6.86. The van der Waals surface area contributed by atoms with Crippen LogP contribution in [0.5, 0.6) is 0 Å². The Morgan fingerprint density at radius 3 is 2.06 bits per heavy atom. The molecule has 3 N–H and O–H groups in total. The molecule has 0 fully saturated rings. The van der Waals surface area contributed by atoms with Gasteiger partial charge in [-0.05, 0) is 48.1 Å². The molecular weight excluding hydrogens is 448 g/mol. The molecule has 2 atom stereocenters. The molecule has 200 valence electrons. The Morgan fingerprint density at radius 1 is 0.806 bits per heavy atom. The minimum atomic E-state index is -0.976. The SMILES string of the molecule is CCCCCCCCCCCCN[C@@H](Cc1cccc2ccccc12)C(=O)N[C@@H](CC(C)C)C(=O)O. The molecule has 0 radical (unpaired) electrons. The molecule has 36 heavy (non-hydrogen) atoms. The number of carboxylic acid groups (broad SMARTS) is 1. The average molecular weight is 497 g/mol. The predicted octanol–water partition coefficient (Wildman–Crippen LogP) is 6.88. The van der Waals surface area contributed by atoms with Crippen LogP contribution >= 0.6 is 0 Å². The van der Waals surface area contributed by atoms with Gasteiger partial charge < -0.3 is 15.7 Å². The van der Waals surface area contributed by atoms with E-state index in [1.165, 1.54) is 51.4 Å². The van der Waals surface area contributed by atoms with Crippen molar-refractivity contribution in [1.82, 2.24) is 10.6 Å². The summed E-state index contributed by atoms with van der Waals surface area (Å²) in [6.07, 6.45) is 13.6. The van der Waals surface area contributed by atoms with Crippen LogP contribution in [0.25, 0.3) is 10.8 Å². The molecule has 0 saturated carbocycles. The lowest BCUT2D eigenvalue weighted by atomic mass is 9.97. The van der Waals surface area contributed by atoms with Crippen molar-refractivity contribution in [3.05, 3.63) is 48.0 Å². The molecule has 0 aliphatic rings. The number of aliphatic carboxylic acids is 1. The Bertz CT molecular complexity index is 906. The molecule has 2 aromatic carbocycles. The summed E-state index contributed by atoms with van der Waals surface area (Å²) in [5.74, 6) is -1.03. The molecule has 0 aliphatic heterocycles. The lowest BCUT2D eigenvalue weighted by Crippen LogP contribution is -2.51. The molecule has 0 unspecified atom stereocenters. The van der Waals surface area contributed by atoms with Gasteiger partial charge in [-0.25, -0.2) is 4.79 Å². The van der Waals surface area contributed by atoms with Crippen LogP contribution in [0.1, 0.15) is 97.0 Å². The Morgan fingerprint density at radius 2 is 1.42 bits per heavy atom. The Labute approximate surface area is 218 Å². The van der Waals surface area contributed by atoms with Gasteiger partial charge in [-0.1, -0.05) is 121 Å². The molecule has 5 heteroatoms. The molecular formula is C31H48N2O3. The van der Waals surface area contributed by atoms with E-state index in [0.29, 0.717) is 12.8 Å². The number of benzene rings is 2. The summed E-state index contributed by atoms with van der Waals surface area (Å²) in [5, 5.41) is 18.2. The molecule has 0 aliphatic carbocycles. The van der Waals surface area contributed by atoms with E-state index >= 15 is 0 Å². The topological polar surface area (TPSA) is 78.4 Å². The number of carbonyl (C=O) groups excluding carboxylic acids is 1. The predicted molar refractivity (Wildman–Crippen MR) is 150 cm³/mol. The maximum Gasteiger partial charge on any atom is 0.326 e. The quantitative estimate of drug-likeness (QED) is 0.185. The number of amides is 1. The van der Waals surface area contributed by atoms with Gasteiger partial charge in [0.25, 0.3) is 0 Å². The minimum absolute atomic E-state index is 0.183. The molecule has 0 heterocycles. The largest absolute Gasteiger partial charge is 0.480 e. The van der Waals surface area contributed by atoms with E-state index < -0.39 is 18.1 Å². The van der Waals surface area contributed by atoms with Crippen molar-refractivity contribution < 1.29 is 14.7 Å². The third kappa shape index (κ3) is 11.1. The molecule has 0 aromatic heterocycles. The maximum atomic E-state index is 13.3. The molecule has 5 nitrogen and oxygen atoms in total. The molecule has 2 aromatic rings. The molecule has 0 bridgehead atoms. The summed E-state index contributed by atoms with van der Waals surface area (Å²) in [6.45, 7) is 6.94. The van der Waals surface area contributed by atoms with Gasteiger partial charge in [0.15, 0.2) is 0 Å². The van der Waals surface area contributed by atoms with Crippen molar-refractivity contribution in [2.24, 2.45) is 5.92 Å². The van der Waals surface area contributed by atoms with E-state index in [4.69, 9.17) is 0 Å². The van der Waals surface area contributed by atoms with Gasteiger partial charge in [-0.2, -0.15) is 0 Å². The van der Waals surface area contributed by atoms with Crippen LogP contribution in [0.2, 0.25) is 0 Å². The van der Waals surface area contributed by atoms with E-state index in [1.54, 1.807) is 0 Å². The van der Waals surface area contributed by atoms with Crippen LogP contribution < -0.4 is 10.6 Å². The average Bonchev–Trinajstić information content (AvgIpc) is 2.85. The number of hydrogen-bond donors (Lipinski definition) is 3. The fraction of sp³-hybridized carbons (Fsp3) is 0.613. The molecule has 2 rings (SSSR count). The van der Waals surface area contributed by atoms with Gasteiger partial charge in [-0.15, -0.1) is 0 Å². The van der Waals surface area contributed by atoms with Crippen molar-refractivity contribution in [1.29, 1.82) is 0 Å². The first kappa shape index (κ1) is 29.8. The third-order valence-electron chi connectivity index (χ3n) is 6.86. The van der Waals surface area contributed by atoms with Crippen LogP contribution in [0.15, 0.2) is 42.5 Å². The smallest absolute Gasteiger partial charge is 0.326 e. The first-order chi connectivity index (χ1) is 17.4. The first-order valence-corrected chi connectivity index (χ1v) is 14.2. The number of fused-ring (bicyclic) bond motifs is 1. The number of hydrogen-bond acceptors (Lipinski definition) is 3. The van der Waals surface area contributed by atoms with Gasteiger partial charge in [-0.3, -0.25) is 4.79 Å². The zero-order chi connectivity index (χ0) is 26.2. The molecule has 0 spiro atoms. The van der Waals surface area contributed by atoms with E-state index in [1.807, 2.05) is 32.0 Å². The van der Waals surface area contributed by atoms with Crippen LogP contribution in [-0.2, 0) is 16.0 Å². The van der Waals surface area contributed by atoms with E-state index in [0.717, 1.165) is 35.7 Å². The second-order valence-electron chi connectivity index (χ2n) is 10.6. The fourth-order valence-electron chi connectivity index (χ4n) is 4.80. The highest BCUT2D eigenvalue weighted by Crippen LogP contribution is 2.20. The van der Waals surface area contributed by atoms with Gasteiger partial charge in [0.05, 0.1) is 6.04 Å². The lowest BCUT2D eigenvalue weighted by Gasteiger charge is -2.23. The van der Waals surface area contributed by atoms with Crippen LogP contribution in [0.4, 0.5) is 0 Å². The van der Waals surface area contributed by atoms with E-state index in [-0.39, 0.29) is 11.8 Å².